The van der Waals surface area contributed by atoms with Crippen LogP contribution in [0.25, 0.3) is 0 Å². The summed E-state index contributed by atoms with van der Waals surface area (Å²) >= 11 is 1.29. The lowest BCUT2D eigenvalue weighted by atomic mass is 10.0. The highest BCUT2D eigenvalue weighted by Gasteiger charge is 2.14. The Morgan fingerprint density at radius 2 is 1.95 bits per heavy atom. The number of nitrogens with one attached hydrogen (secondary N) is 1. The van der Waals surface area contributed by atoms with Crippen LogP contribution >= 0.6 is 11.3 Å². The summed E-state index contributed by atoms with van der Waals surface area (Å²) in [5.74, 6) is 0.373. The van der Waals surface area contributed by atoms with Crippen molar-refractivity contribution < 1.29 is 8.42 Å². The molecule has 0 bridgehead atoms. The number of sulfonamides is 1. The van der Waals surface area contributed by atoms with Crippen LogP contribution in [-0.4, -0.2) is 13.4 Å². The van der Waals surface area contributed by atoms with E-state index >= 15 is 0 Å². The van der Waals surface area contributed by atoms with Crippen molar-refractivity contribution in [3.8, 4) is 0 Å². The van der Waals surface area contributed by atoms with E-state index in [1.54, 1.807) is 17.5 Å². The fourth-order valence-corrected chi connectivity index (χ4v) is 3.25. The average molecular weight is 311 g/mol. The second-order valence-corrected chi connectivity index (χ2v) is 7.38. The molecule has 0 aliphatic carbocycles. The summed E-state index contributed by atoms with van der Waals surface area (Å²) in [6.45, 7) is 4.27. The van der Waals surface area contributed by atoms with Crippen LogP contribution in [0.1, 0.15) is 31.0 Å². The average Bonchev–Trinajstić information content (AvgIpc) is 2.82. The molecule has 3 N–H and O–H groups in total. The molecule has 1 aromatic carbocycles. The summed E-state index contributed by atoms with van der Waals surface area (Å²) in [6, 6.07) is 6.90. The van der Waals surface area contributed by atoms with Crippen LogP contribution in [0.2, 0.25) is 0 Å². The topological polar surface area (TPSA) is 85.1 Å². The minimum Gasteiger partial charge on any atom is -0.375 e. The molecule has 0 aliphatic heterocycles. The second kappa shape index (κ2) is 5.90. The molecule has 0 atom stereocenters. The first-order chi connectivity index (χ1) is 9.38. The van der Waals surface area contributed by atoms with Crippen molar-refractivity contribution >= 4 is 26.5 Å². The van der Waals surface area contributed by atoms with Crippen LogP contribution in [0.3, 0.4) is 0 Å². The first-order valence-corrected chi connectivity index (χ1v) is 8.54. The van der Waals surface area contributed by atoms with Crippen LogP contribution in [0.15, 0.2) is 34.5 Å². The molecule has 20 heavy (non-hydrogen) atoms. The summed E-state index contributed by atoms with van der Waals surface area (Å²) in [4.78, 5) is 4.27. The zero-order valence-electron chi connectivity index (χ0n) is 11.3. The van der Waals surface area contributed by atoms with Gasteiger partial charge >= 0.3 is 0 Å². The molecule has 2 aromatic rings. The van der Waals surface area contributed by atoms with E-state index in [0.717, 1.165) is 5.56 Å². The molecule has 1 heterocycles. The number of hydrogen-bond donors (Lipinski definition) is 2. The van der Waals surface area contributed by atoms with Crippen LogP contribution in [0, 0.1) is 0 Å². The standard InChI is InChI=1S/C13H17N3O2S2/c1-9(2)10-3-5-12(6-4-10)20(17,18)15-7-11-8-19-13(14)16-11/h3-6,8-9,15H,7H2,1-2H3,(H2,14,16). The van der Waals surface area contributed by atoms with E-state index in [0.29, 0.717) is 16.7 Å². The van der Waals surface area contributed by atoms with Crippen molar-refractivity contribution in [2.45, 2.75) is 31.2 Å². The van der Waals surface area contributed by atoms with Crippen molar-refractivity contribution in [1.29, 1.82) is 0 Å². The first-order valence-electron chi connectivity index (χ1n) is 6.18. The zero-order chi connectivity index (χ0) is 14.8. The molecule has 1 aromatic heterocycles. The van der Waals surface area contributed by atoms with Gasteiger partial charge in [0.25, 0.3) is 0 Å². The van der Waals surface area contributed by atoms with Gasteiger partial charge in [-0.25, -0.2) is 18.1 Å². The number of rotatable bonds is 5. The van der Waals surface area contributed by atoms with Gasteiger partial charge < -0.3 is 5.73 Å². The molecule has 0 amide bonds. The molecule has 0 saturated heterocycles. The number of nitrogens with two attached hydrogens (primary N) is 1. The molecule has 0 unspecified atom stereocenters. The van der Waals surface area contributed by atoms with Crippen molar-refractivity contribution in [3.05, 3.63) is 40.9 Å². The summed E-state index contributed by atoms with van der Waals surface area (Å²) in [6.07, 6.45) is 0. The Hall–Kier alpha value is -1.44. The molecule has 0 spiro atoms. The van der Waals surface area contributed by atoms with Gasteiger partial charge in [0.05, 0.1) is 17.1 Å². The minimum atomic E-state index is -3.52. The van der Waals surface area contributed by atoms with Crippen molar-refractivity contribution in [3.63, 3.8) is 0 Å². The van der Waals surface area contributed by atoms with Gasteiger partial charge in [0.15, 0.2) is 5.13 Å². The molecule has 5 nitrogen and oxygen atoms in total. The Morgan fingerprint density at radius 1 is 1.30 bits per heavy atom. The Morgan fingerprint density at radius 3 is 2.45 bits per heavy atom. The van der Waals surface area contributed by atoms with E-state index in [9.17, 15) is 8.42 Å². The van der Waals surface area contributed by atoms with Gasteiger partial charge in [-0.15, -0.1) is 11.3 Å². The first kappa shape index (κ1) is 15.0. The fraction of sp³-hybridized carbons (Fsp3) is 0.308. The van der Waals surface area contributed by atoms with E-state index in [-0.39, 0.29) is 11.4 Å². The molecule has 0 fully saturated rings. The molecule has 0 aliphatic rings. The van der Waals surface area contributed by atoms with E-state index in [4.69, 9.17) is 5.73 Å². The third-order valence-electron chi connectivity index (χ3n) is 2.87. The Labute approximate surface area is 122 Å². The number of benzene rings is 1. The van der Waals surface area contributed by atoms with Gasteiger partial charge in [0, 0.05) is 5.38 Å². The van der Waals surface area contributed by atoms with Gasteiger partial charge in [-0.05, 0) is 23.6 Å². The SMILES string of the molecule is CC(C)c1ccc(S(=O)(=O)NCc2csc(N)n2)cc1. The van der Waals surface area contributed by atoms with Gasteiger partial charge in [0.1, 0.15) is 0 Å². The molecule has 0 radical (unpaired) electrons. The predicted molar refractivity (Wildman–Crippen MR) is 81.1 cm³/mol. The lowest BCUT2D eigenvalue weighted by Gasteiger charge is -2.08. The lowest BCUT2D eigenvalue weighted by molar-refractivity contribution is 0.580. The van der Waals surface area contributed by atoms with Gasteiger partial charge in [-0.3, -0.25) is 0 Å². The largest absolute Gasteiger partial charge is 0.375 e. The minimum absolute atomic E-state index is 0.141. The maximum Gasteiger partial charge on any atom is 0.240 e. The Bertz CT molecular complexity index is 676. The maximum absolute atomic E-state index is 12.1. The predicted octanol–water partition coefficient (Wildman–Crippen LogP) is 2.33. The normalized spacial score (nSPS) is 11.9. The molecule has 108 valence electrons. The molecular weight excluding hydrogens is 294 g/mol. The monoisotopic (exact) mass is 311 g/mol. The van der Waals surface area contributed by atoms with Crippen LogP contribution < -0.4 is 10.5 Å². The summed E-state index contributed by atoms with van der Waals surface area (Å²) < 4.78 is 26.8. The van der Waals surface area contributed by atoms with E-state index in [1.165, 1.54) is 11.3 Å². The molecule has 7 heteroatoms. The zero-order valence-corrected chi connectivity index (χ0v) is 13.0. The van der Waals surface area contributed by atoms with E-state index in [2.05, 4.69) is 23.6 Å². The summed E-state index contributed by atoms with van der Waals surface area (Å²) in [5.41, 5.74) is 7.23. The highest BCUT2D eigenvalue weighted by Crippen LogP contribution is 2.17. The van der Waals surface area contributed by atoms with Crippen molar-refractivity contribution in [2.75, 3.05) is 5.73 Å². The molecular formula is C13H17N3O2S2. The Balaban J connectivity index is 2.09. The highest BCUT2D eigenvalue weighted by atomic mass is 32.2. The third-order valence-corrected chi connectivity index (χ3v) is 5.01. The number of anilines is 1. The van der Waals surface area contributed by atoms with E-state index < -0.39 is 10.0 Å². The molecule has 2 rings (SSSR count). The quantitative estimate of drug-likeness (QED) is 0.887. The van der Waals surface area contributed by atoms with Crippen LogP contribution in [0.4, 0.5) is 5.13 Å². The molecule has 0 saturated carbocycles. The second-order valence-electron chi connectivity index (χ2n) is 4.73. The summed E-state index contributed by atoms with van der Waals surface area (Å²) in [5, 5.41) is 2.17. The number of hydrogen-bond acceptors (Lipinski definition) is 5. The summed E-state index contributed by atoms with van der Waals surface area (Å²) in [7, 11) is -3.52. The van der Waals surface area contributed by atoms with Crippen molar-refractivity contribution in [1.82, 2.24) is 9.71 Å². The van der Waals surface area contributed by atoms with Crippen molar-refractivity contribution in [2.24, 2.45) is 0 Å². The number of nitrogens with zero attached hydrogens (tertiary/aromatic N) is 1. The van der Waals surface area contributed by atoms with Gasteiger partial charge in [0.2, 0.25) is 10.0 Å². The number of nitrogen functional groups attached to an aromatic ring is 1. The van der Waals surface area contributed by atoms with Crippen LogP contribution in [-0.2, 0) is 16.6 Å². The van der Waals surface area contributed by atoms with Gasteiger partial charge in [-0.2, -0.15) is 0 Å². The highest BCUT2D eigenvalue weighted by molar-refractivity contribution is 7.89. The third kappa shape index (κ3) is 3.56. The number of thiazole rings is 1. The fourth-order valence-electron chi connectivity index (χ4n) is 1.69. The van der Waals surface area contributed by atoms with E-state index in [1.807, 2.05) is 12.1 Å². The lowest BCUT2D eigenvalue weighted by Crippen LogP contribution is -2.23. The Kier molecular flexibility index (Phi) is 4.42. The van der Waals surface area contributed by atoms with Crippen LogP contribution in [0.5, 0.6) is 0 Å². The smallest absolute Gasteiger partial charge is 0.240 e. The number of aromatic nitrogens is 1. The van der Waals surface area contributed by atoms with Gasteiger partial charge in [-0.1, -0.05) is 26.0 Å². The maximum atomic E-state index is 12.1.